The quantitative estimate of drug-likeness (QED) is 0.236. The zero-order valence-corrected chi connectivity index (χ0v) is 21.0. The number of hydrogen-bond donors (Lipinski definition) is 2. The van der Waals surface area contributed by atoms with E-state index in [4.69, 9.17) is 0 Å². The van der Waals surface area contributed by atoms with E-state index in [2.05, 4.69) is 84.9 Å². The number of fused-ring (bicyclic) bond motifs is 4. The first-order chi connectivity index (χ1) is 17.7. The number of hydrogen-bond acceptors (Lipinski definition) is 4. The zero-order chi connectivity index (χ0) is 24.2. The molecule has 5 aromatic carbocycles. The van der Waals surface area contributed by atoms with Crippen molar-refractivity contribution in [2.75, 3.05) is 0 Å². The van der Waals surface area contributed by atoms with Gasteiger partial charge in [-0.15, -0.1) is 22.7 Å². The van der Waals surface area contributed by atoms with Crippen molar-refractivity contribution in [3.05, 3.63) is 107 Å². The summed E-state index contributed by atoms with van der Waals surface area (Å²) in [5, 5.41) is 29.3. The third-order valence-corrected chi connectivity index (χ3v) is 9.15. The van der Waals surface area contributed by atoms with Crippen LogP contribution < -0.4 is 0 Å². The Bertz CT molecular complexity index is 1690. The zero-order valence-electron chi connectivity index (χ0n) is 19.4. The van der Waals surface area contributed by atoms with Gasteiger partial charge in [-0.2, -0.15) is 0 Å². The summed E-state index contributed by atoms with van der Waals surface area (Å²) in [6.45, 7) is 0.0905. The fraction of sp³-hybridized carbons (Fsp3) is 0.0625. The second-order valence-electron chi connectivity index (χ2n) is 9.09. The van der Waals surface area contributed by atoms with Gasteiger partial charge in [0.1, 0.15) is 0 Å². The van der Waals surface area contributed by atoms with Crippen LogP contribution in [0.25, 0.3) is 64.0 Å². The highest BCUT2D eigenvalue weighted by Crippen LogP contribution is 2.48. The van der Waals surface area contributed by atoms with Crippen molar-refractivity contribution in [3.8, 4) is 20.9 Å². The van der Waals surface area contributed by atoms with Gasteiger partial charge in [0, 0.05) is 30.6 Å². The molecule has 2 heterocycles. The molecule has 0 atom stereocenters. The van der Waals surface area contributed by atoms with Gasteiger partial charge in [-0.25, -0.2) is 0 Å². The van der Waals surface area contributed by atoms with Crippen LogP contribution in [0.4, 0.5) is 0 Å². The van der Waals surface area contributed by atoms with Crippen LogP contribution >= 0.6 is 22.7 Å². The summed E-state index contributed by atoms with van der Waals surface area (Å²) < 4.78 is 0. The molecule has 0 spiro atoms. The Morgan fingerprint density at radius 2 is 0.778 bits per heavy atom. The largest absolute Gasteiger partial charge is 0.391 e. The summed E-state index contributed by atoms with van der Waals surface area (Å²) in [6, 6.07) is 34.6. The van der Waals surface area contributed by atoms with Gasteiger partial charge in [-0.3, -0.25) is 0 Å². The number of aliphatic hydroxyl groups is 2. The molecule has 4 heteroatoms. The molecule has 0 amide bonds. The molecular weight excluding hydrogens is 480 g/mol. The van der Waals surface area contributed by atoms with Gasteiger partial charge >= 0.3 is 0 Å². The lowest BCUT2D eigenvalue weighted by Gasteiger charge is -2.18. The molecule has 36 heavy (non-hydrogen) atoms. The van der Waals surface area contributed by atoms with Gasteiger partial charge in [0.15, 0.2) is 0 Å². The number of aliphatic hydroxyl groups excluding tert-OH is 2. The lowest BCUT2D eigenvalue weighted by molar-refractivity contribution is 0.285. The molecule has 174 valence electrons. The van der Waals surface area contributed by atoms with E-state index < -0.39 is 0 Å². The van der Waals surface area contributed by atoms with Gasteiger partial charge < -0.3 is 10.2 Å². The van der Waals surface area contributed by atoms with E-state index in [0.29, 0.717) is 0 Å². The SMILES string of the molecule is OCc1ccc(-c2c3cc4ccccc4cc3c(-c3ccc(CO)s3)c3cc4ccccc4cc23)s1. The van der Waals surface area contributed by atoms with E-state index in [1.807, 2.05) is 12.1 Å². The summed E-state index contributed by atoms with van der Waals surface area (Å²) >= 11 is 3.31. The molecule has 7 rings (SSSR count). The van der Waals surface area contributed by atoms with E-state index in [9.17, 15) is 10.2 Å². The van der Waals surface area contributed by atoms with Crippen molar-refractivity contribution in [1.29, 1.82) is 0 Å². The summed E-state index contributed by atoms with van der Waals surface area (Å²) in [5.74, 6) is 0. The van der Waals surface area contributed by atoms with Crippen molar-refractivity contribution >= 4 is 65.8 Å². The first-order valence-electron chi connectivity index (χ1n) is 11.9. The number of thiophene rings is 2. The van der Waals surface area contributed by atoms with Crippen LogP contribution in [0.1, 0.15) is 9.75 Å². The molecule has 0 bridgehead atoms. The van der Waals surface area contributed by atoms with Gasteiger partial charge in [-0.1, -0.05) is 48.5 Å². The molecular formula is C32H22O2S2. The molecule has 0 aliphatic carbocycles. The van der Waals surface area contributed by atoms with Gasteiger partial charge in [0.25, 0.3) is 0 Å². The molecule has 0 aliphatic heterocycles. The van der Waals surface area contributed by atoms with Gasteiger partial charge in [0.05, 0.1) is 13.2 Å². The Balaban J connectivity index is 1.74. The van der Waals surface area contributed by atoms with Crippen molar-refractivity contribution in [3.63, 3.8) is 0 Å². The molecule has 0 unspecified atom stereocenters. The molecule has 0 radical (unpaired) electrons. The standard InChI is InChI=1S/C32H22O2S2/c33-17-23-9-11-29(35-23)31-25-13-19-5-1-2-6-20(19)14-26(25)32(30-12-10-24(18-34)36-30)28-16-22-8-4-3-7-21(22)15-27(28)31/h1-16,33-34H,17-18H2. The van der Waals surface area contributed by atoms with Crippen molar-refractivity contribution in [2.45, 2.75) is 13.2 Å². The maximum absolute atomic E-state index is 9.82. The molecule has 0 saturated carbocycles. The van der Waals surface area contributed by atoms with Crippen molar-refractivity contribution in [1.82, 2.24) is 0 Å². The minimum absolute atomic E-state index is 0.0452. The minimum Gasteiger partial charge on any atom is -0.391 e. The Hall–Kier alpha value is -3.54. The normalized spacial score (nSPS) is 11.8. The fourth-order valence-electron chi connectivity index (χ4n) is 5.32. The Morgan fingerprint density at radius 3 is 1.06 bits per heavy atom. The monoisotopic (exact) mass is 502 g/mol. The Kier molecular flexibility index (Phi) is 5.15. The molecule has 0 saturated heterocycles. The summed E-state index contributed by atoms with van der Waals surface area (Å²) in [7, 11) is 0. The average Bonchev–Trinajstić information content (AvgIpc) is 3.59. The van der Waals surface area contributed by atoms with E-state index in [0.717, 1.165) is 19.5 Å². The number of benzene rings is 5. The molecule has 0 aliphatic rings. The van der Waals surface area contributed by atoms with Crippen LogP contribution in [0, 0.1) is 0 Å². The molecule has 7 aromatic rings. The maximum atomic E-state index is 9.82. The van der Waals surface area contributed by atoms with Crippen LogP contribution in [0.15, 0.2) is 97.1 Å². The first-order valence-corrected chi connectivity index (χ1v) is 13.6. The number of rotatable bonds is 4. The van der Waals surface area contributed by atoms with Crippen LogP contribution in [0.2, 0.25) is 0 Å². The third kappa shape index (κ3) is 3.38. The lowest BCUT2D eigenvalue weighted by Crippen LogP contribution is -1.90. The van der Waals surface area contributed by atoms with Gasteiger partial charge in [-0.05, 0) is 91.6 Å². The fourth-order valence-corrected chi connectivity index (χ4v) is 7.21. The third-order valence-electron chi connectivity index (χ3n) is 6.98. The van der Waals surface area contributed by atoms with E-state index in [1.54, 1.807) is 22.7 Å². The first kappa shape index (κ1) is 21.7. The second-order valence-corrected chi connectivity index (χ2v) is 11.4. The summed E-state index contributed by atoms with van der Waals surface area (Å²) in [5.41, 5.74) is 2.42. The highest BCUT2D eigenvalue weighted by atomic mass is 32.1. The Morgan fingerprint density at radius 1 is 0.444 bits per heavy atom. The molecule has 2 aromatic heterocycles. The van der Waals surface area contributed by atoms with Crippen molar-refractivity contribution in [2.24, 2.45) is 0 Å². The highest BCUT2D eigenvalue weighted by molar-refractivity contribution is 7.16. The summed E-state index contributed by atoms with van der Waals surface area (Å²) in [4.78, 5) is 4.24. The highest BCUT2D eigenvalue weighted by Gasteiger charge is 2.20. The van der Waals surface area contributed by atoms with Crippen LogP contribution in [0.5, 0.6) is 0 Å². The van der Waals surface area contributed by atoms with E-state index >= 15 is 0 Å². The lowest BCUT2D eigenvalue weighted by atomic mass is 9.87. The summed E-state index contributed by atoms with van der Waals surface area (Å²) in [6.07, 6.45) is 0. The molecule has 2 N–H and O–H groups in total. The van der Waals surface area contributed by atoms with Gasteiger partial charge in [0.2, 0.25) is 0 Å². The van der Waals surface area contributed by atoms with Crippen LogP contribution in [0.3, 0.4) is 0 Å². The predicted octanol–water partition coefficient (Wildman–Crippen LogP) is 8.74. The predicted molar refractivity (Wildman–Crippen MR) is 155 cm³/mol. The van der Waals surface area contributed by atoms with Crippen LogP contribution in [-0.2, 0) is 13.2 Å². The minimum atomic E-state index is 0.0452. The van der Waals surface area contributed by atoms with E-state index in [1.165, 1.54) is 54.2 Å². The smallest absolute Gasteiger partial charge is 0.0774 e. The van der Waals surface area contributed by atoms with E-state index in [-0.39, 0.29) is 13.2 Å². The second kappa shape index (κ2) is 8.54. The van der Waals surface area contributed by atoms with Crippen LogP contribution in [-0.4, -0.2) is 10.2 Å². The molecule has 2 nitrogen and oxygen atoms in total. The average molecular weight is 503 g/mol. The van der Waals surface area contributed by atoms with Crippen molar-refractivity contribution < 1.29 is 10.2 Å². The molecule has 0 fully saturated rings. The topological polar surface area (TPSA) is 40.5 Å². The maximum Gasteiger partial charge on any atom is 0.0774 e. The Labute approximate surface area is 216 Å².